The number of unbranched alkanes of at least 4 members (excludes halogenated alkanes) is 1. The monoisotopic (exact) mass is 290 g/mol. The maximum absolute atomic E-state index is 11.1. The van der Waals surface area contributed by atoms with Crippen LogP contribution in [-0.4, -0.2) is 34.0 Å². The van der Waals surface area contributed by atoms with Crippen molar-refractivity contribution in [2.45, 2.75) is 52.0 Å². The Labute approximate surface area is 127 Å². The molecule has 1 atom stereocenters. The first-order valence-electron chi connectivity index (χ1n) is 8.02. The normalized spacial score (nSPS) is 18.6. The second-order valence-electron chi connectivity index (χ2n) is 6.01. The number of rotatable bonds is 6. The molecule has 21 heavy (non-hydrogen) atoms. The highest BCUT2D eigenvalue weighted by molar-refractivity contribution is 5.70. The number of piperidine rings is 1. The number of likely N-dealkylation sites (tertiary alicyclic amines) is 1. The van der Waals surface area contributed by atoms with Gasteiger partial charge in [0.05, 0.1) is 17.7 Å². The summed E-state index contributed by atoms with van der Waals surface area (Å²) in [5, 5.41) is 9.13. The van der Waals surface area contributed by atoms with Gasteiger partial charge in [-0.2, -0.15) is 0 Å². The van der Waals surface area contributed by atoms with Crippen LogP contribution in [0.15, 0.2) is 18.2 Å². The Morgan fingerprint density at radius 1 is 1.43 bits per heavy atom. The molecule has 0 radical (unpaired) electrons. The summed E-state index contributed by atoms with van der Waals surface area (Å²) in [6, 6.07) is 6.54. The summed E-state index contributed by atoms with van der Waals surface area (Å²) in [5.74, 6) is -0.813. The van der Waals surface area contributed by atoms with E-state index < -0.39 is 5.97 Å². The smallest absolute Gasteiger partial charge is 0.306 e. The van der Waals surface area contributed by atoms with Crippen molar-refractivity contribution in [1.82, 2.24) is 9.88 Å². The number of aromatic nitrogens is 1. The summed E-state index contributed by atoms with van der Waals surface area (Å²) in [6.07, 6.45) is 4.96. The van der Waals surface area contributed by atoms with Crippen molar-refractivity contribution < 1.29 is 9.90 Å². The minimum absolute atomic E-state index is 0.168. The van der Waals surface area contributed by atoms with Crippen LogP contribution in [0.4, 0.5) is 0 Å². The SMILES string of the molecule is CCCCC(c1cccc(C)n1)N1CCC(C(=O)O)CC1. The summed E-state index contributed by atoms with van der Waals surface area (Å²) in [4.78, 5) is 18.2. The molecule has 0 spiro atoms. The van der Waals surface area contributed by atoms with Gasteiger partial charge in [0.25, 0.3) is 0 Å². The quantitative estimate of drug-likeness (QED) is 0.872. The van der Waals surface area contributed by atoms with Crippen LogP contribution in [0.3, 0.4) is 0 Å². The molecular weight excluding hydrogens is 264 g/mol. The molecule has 4 nitrogen and oxygen atoms in total. The predicted octanol–water partition coefficient (Wildman–Crippen LogP) is 3.42. The van der Waals surface area contributed by atoms with E-state index in [0.29, 0.717) is 6.04 Å². The zero-order valence-corrected chi connectivity index (χ0v) is 13.1. The third kappa shape index (κ3) is 4.27. The molecular formula is C17H26N2O2. The Kier molecular flexibility index (Phi) is 5.74. The molecule has 1 unspecified atom stereocenters. The van der Waals surface area contributed by atoms with E-state index in [2.05, 4.69) is 24.0 Å². The molecule has 0 aliphatic carbocycles. The number of hydrogen-bond donors (Lipinski definition) is 1. The molecule has 0 aromatic carbocycles. The van der Waals surface area contributed by atoms with Gasteiger partial charge < -0.3 is 5.11 Å². The maximum atomic E-state index is 11.1. The lowest BCUT2D eigenvalue weighted by Gasteiger charge is -2.36. The lowest BCUT2D eigenvalue weighted by atomic mass is 9.94. The fourth-order valence-corrected chi connectivity index (χ4v) is 3.12. The molecule has 1 aromatic rings. The van der Waals surface area contributed by atoms with E-state index >= 15 is 0 Å². The van der Waals surface area contributed by atoms with Crippen molar-refractivity contribution in [2.75, 3.05) is 13.1 Å². The first-order valence-corrected chi connectivity index (χ1v) is 8.02. The lowest BCUT2D eigenvalue weighted by Crippen LogP contribution is -2.39. The molecule has 4 heteroatoms. The van der Waals surface area contributed by atoms with E-state index in [0.717, 1.165) is 43.7 Å². The fourth-order valence-electron chi connectivity index (χ4n) is 3.12. The van der Waals surface area contributed by atoms with Gasteiger partial charge in [-0.05, 0) is 51.4 Å². The van der Waals surface area contributed by atoms with E-state index in [1.54, 1.807) is 0 Å². The third-order valence-corrected chi connectivity index (χ3v) is 4.40. The Balaban J connectivity index is 2.08. The van der Waals surface area contributed by atoms with Gasteiger partial charge in [-0.25, -0.2) is 0 Å². The van der Waals surface area contributed by atoms with Crippen molar-refractivity contribution in [1.29, 1.82) is 0 Å². The van der Waals surface area contributed by atoms with Gasteiger partial charge in [-0.15, -0.1) is 0 Å². The van der Waals surface area contributed by atoms with Gasteiger partial charge in [0.2, 0.25) is 0 Å². The van der Waals surface area contributed by atoms with Crippen LogP contribution in [0, 0.1) is 12.8 Å². The second kappa shape index (κ2) is 7.55. The van der Waals surface area contributed by atoms with E-state index in [1.165, 1.54) is 12.8 Å². The number of carboxylic acid groups (broad SMARTS) is 1. The first-order chi connectivity index (χ1) is 10.1. The molecule has 1 aromatic heterocycles. The molecule has 1 aliphatic heterocycles. The van der Waals surface area contributed by atoms with Gasteiger partial charge in [0.1, 0.15) is 0 Å². The molecule has 2 heterocycles. The Bertz CT molecular complexity index is 468. The van der Waals surface area contributed by atoms with E-state index in [-0.39, 0.29) is 5.92 Å². The van der Waals surface area contributed by atoms with Crippen molar-refractivity contribution in [3.63, 3.8) is 0 Å². The number of aryl methyl sites for hydroxylation is 1. The molecule has 0 saturated carbocycles. The number of carbonyl (C=O) groups is 1. The topological polar surface area (TPSA) is 53.4 Å². The van der Waals surface area contributed by atoms with Crippen LogP contribution in [0.25, 0.3) is 0 Å². The van der Waals surface area contributed by atoms with E-state index in [4.69, 9.17) is 10.1 Å². The highest BCUT2D eigenvalue weighted by Gasteiger charge is 2.29. The minimum atomic E-state index is -0.645. The Hall–Kier alpha value is -1.42. The average Bonchev–Trinajstić information content (AvgIpc) is 2.48. The number of pyridine rings is 1. The van der Waals surface area contributed by atoms with Crippen LogP contribution in [0.1, 0.15) is 56.5 Å². The molecule has 1 fully saturated rings. The van der Waals surface area contributed by atoms with Crippen LogP contribution < -0.4 is 0 Å². The second-order valence-corrected chi connectivity index (χ2v) is 6.01. The van der Waals surface area contributed by atoms with Gasteiger partial charge in [-0.1, -0.05) is 25.8 Å². The van der Waals surface area contributed by atoms with Crippen LogP contribution in [-0.2, 0) is 4.79 Å². The maximum Gasteiger partial charge on any atom is 0.306 e. The third-order valence-electron chi connectivity index (χ3n) is 4.40. The number of carboxylic acids is 1. The molecule has 116 valence electrons. The highest BCUT2D eigenvalue weighted by Crippen LogP contribution is 2.30. The zero-order valence-electron chi connectivity index (χ0n) is 13.1. The molecule has 1 saturated heterocycles. The van der Waals surface area contributed by atoms with Crippen LogP contribution >= 0.6 is 0 Å². The molecule has 1 aliphatic rings. The lowest BCUT2D eigenvalue weighted by molar-refractivity contribution is -0.143. The summed E-state index contributed by atoms with van der Waals surface area (Å²) in [7, 11) is 0. The van der Waals surface area contributed by atoms with Crippen LogP contribution in [0.2, 0.25) is 0 Å². The predicted molar refractivity (Wildman–Crippen MR) is 83.2 cm³/mol. The van der Waals surface area contributed by atoms with Crippen molar-refractivity contribution in [3.8, 4) is 0 Å². The van der Waals surface area contributed by atoms with Gasteiger partial charge in [0, 0.05) is 5.69 Å². The zero-order chi connectivity index (χ0) is 15.2. The number of aliphatic carboxylic acids is 1. The average molecular weight is 290 g/mol. The molecule has 0 amide bonds. The first kappa shape index (κ1) is 16.0. The molecule has 1 N–H and O–H groups in total. The summed E-state index contributed by atoms with van der Waals surface area (Å²) in [5.41, 5.74) is 2.19. The standard InChI is InChI=1S/C17H26N2O2/c1-3-4-8-16(15-7-5-6-13(2)18-15)19-11-9-14(10-12-19)17(20)21/h5-7,14,16H,3-4,8-12H2,1-2H3,(H,20,21). The summed E-state index contributed by atoms with van der Waals surface area (Å²) in [6.45, 7) is 5.95. The van der Waals surface area contributed by atoms with Crippen molar-refractivity contribution >= 4 is 5.97 Å². The van der Waals surface area contributed by atoms with Gasteiger partial charge in [-0.3, -0.25) is 14.7 Å². The van der Waals surface area contributed by atoms with Crippen LogP contribution in [0.5, 0.6) is 0 Å². The molecule has 2 rings (SSSR count). The highest BCUT2D eigenvalue weighted by atomic mass is 16.4. The summed E-state index contributed by atoms with van der Waals surface area (Å²) < 4.78 is 0. The number of hydrogen-bond acceptors (Lipinski definition) is 3. The summed E-state index contributed by atoms with van der Waals surface area (Å²) >= 11 is 0. The van der Waals surface area contributed by atoms with E-state index in [1.807, 2.05) is 13.0 Å². The number of nitrogens with zero attached hydrogens (tertiary/aromatic N) is 2. The Morgan fingerprint density at radius 2 is 2.14 bits per heavy atom. The van der Waals surface area contributed by atoms with Gasteiger partial charge in [0.15, 0.2) is 0 Å². The largest absolute Gasteiger partial charge is 0.481 e. The van der Waals surface area contributed by atoms with Gasteiger partial charge >= 0.3 is 5.97 Å². The molecule has 0 bridgehead atoms. The fraction of sp³-hybridized carbons (Fsp3) is 0.647. The minimum Gasteiger partial charge on any atom is -0.481 e. The van der Waals surface area contributed by atoms with E-state index in [9.17, 15) is 4.79 Å². The van der Waals surface area contributed by atoms with Crippen molar-refractivity contribution in [2.24, 2.45) is 5.92 Å². The van der Waals surface area contributed by atoms with Crippen molar-refractivity contribution in [3.05, 3.63) is 29.6 Å². The Morgan fingerprint density at radius 3 is 2.71 bits per heavy atom.